The molecule has 0 unspecified atom stereocenters. The molecule has 5 fully saturated rings. The summed E-state index contributed by atoms with van der Waals surface area (Å²) in [4.78, 5) is 75.1. The molecule has 0 radical (unpaired) electrons. The number of nitrogens with one attached hydrogen (secondary N) is 2. The van der Waals surface area contributed by atoms with Crippen molar-refractivity contribution in [1.29, 1.82) is 0 Å². The number of aromatic nitrogens is 2. The van der Waals surface area contributed by atoms with Crippen LogP contribution in [0.4, 0.5) is 0 Å². The first-order chi connectivity index (χ1) is 27.7. The third-order valence-corrected chi connectivity index (χ3v) is 18.3. The zero-order chi connectivity index (χ0) is 44.2. The fraction of sp³-hybridized carbons (Fsp3) is 0.776. The summed E-state index contributed by atoms with van der Waals surface area (Å²) in [6.45, 7) is 26.0. The number of carbonyl (C=O) groups excluding carboxylic acids is 4. The molecule has 60 heavy (non-hydrogen) atoms. The number of allylic oxidation sites excluding steroid dienone is 2. The second-order valence-corrected chi connectivity index (χ2v) is 23.1. The maximum Gasteiger partial charge on any atom is 0.309 e. The lowest BCUT2D eigenvalue weighted by molar-refractivity contribution is -0.236. The van der Waals surface area contributed by atoms with Gasteiger partial charge in [0.05, 0.1) is 29.3 Å². The monoisotopic (exact) mass is 829 g/mol. The van der Waals surface area contributed by atoms with Crippen molar-refractivity contribution < 1.29 is 33.8 Å². The van der Waals surface area contributed by atoms with Crippen molar-refractivity contribution in [2.45, 2.75) is 165 Å². The fourth-order valence-electron chi connectivity index (χ4n) is 14.8. The van der Waals surface area contributed by atoms with Crippen LogP contribution in [0.15, 0.2) is 23.5 Å². The van der Waals surface area contributed by atoms with Gasteiger partial charge in [-0.2, -0.15) is 0 Å². The Morgan fingerprint density at radius 3 is 2.22 bits per heavy atom. The van der Waals surface area contributed by atoms with Gasteiger partial charge in [-0.1, -0.05) is 67.9 Å². The molecule has 2 amide bonds. The second kappa shape index (κ2) is 14.7. The van der Waals surface area contributed by atoms with Gasteiger partial charge < -0.3 is 20.5 Å². The Balaban J connectivity index is 1.08. The molecule has 3 N–H and O–H groups in total. The van der Waals surface area contributed by atoms with E-state index in [-0.39, 0.29) is 81.8 Å². The number of aliphatic carboxylic acids is 1. The average Bonchev–Trinajstić information content (AvgIpc) is 3.43. The van der Waals surface area contributed by atoms with E-state index < -0.39 is 34.2 Å². The van der Waals surface area contributed by atoms with Crippen LogP contribution in [-0.4, -0.2) is 62.8 Å². The van der Waals surface area contributed by atoms with Crippen LogP contribution in [-0.2, 0) is 23.9 Å². The number of esters is 1. The summed E-state index contributed by atoms with van der Waals surface area (Å²) in [5, 5.41) is 15.8. The topological polar surface area (TPSA) is 165 Å². The van der Waals surface area contributed by atoms with Crippen LogP contribution in [0.2, 0.25) is 0 Å². The number of carbonyl (C=O) groups is 5. The van der Waals surface area contributed by atoms with E-state index in [0.29, 0.717) is 30.4 Å². The van der Waals surface area contributed by atoms with E-state index in [4.69, 9.17) is 4.74 Å². The Morgan fingerprint density at radius 1 is 0.883 bits per heavy atom. The van der Waals surface area contributed by atoms with Gasteiger partial charge in [-0.05, 0) is 129 Å². The van der Waals surface area contributed by atoms with Gasteiger partial charge in [0.25, 0.3) is 5.91 Å². The van der Waals surface area contributed by atoms with Gasteiger partial charge in [0.15, 0.2) is 5.78 Å². The van der Waals surface area contributed by atoms with Crippen molar-refractivity contribution in [3.05, 3.63) is 34.9 Å². The van der Waals surface area contributed by atoms with Crippen molar-refractivity contribution in [1.82, 2.24) is 20.6 Å². The van der Waals surface area contributed by atoms with E-state index in [9.17, 15) is 29.1 Å². The van der Waals surface area contributed by atoms with Crippen LogP contribution in [0.5, 0.6) is 0 Å². The molecule has 1 heterocycles. The van der Waals surface area contributed by atoms with Crippen LogP contribution in [0.25, 0.3) is 0 Å². The molecule has 0 aromatic carbocycles. The maximum absolute atomic E-state index is 14.2. The number of ether oxygens (including phenoxy) is 1. The predicted molar refractivity (Wildman–Crippen MR) is 228 cm³/mol. The Hall–Kier alpha value is -3.63. The SMILES string of the molecule is Cc1cncc(C(=O)NC(C)(C)CNC(=O)C[C@@]23CC[C@]4(C)[C@H](CC[C@@H]5[C@@]6(C)CC[C@H](OC(=O)[C@H]7C[C@@H](C(=O)O)C7(C)C)C(C)(C)[C@@H]6CC[C@]54C)C2=C(C(C)C)C(=O)C3)n1. The summed E-state index contributed by atoms with van der Waals surface area (Å²) >= 11 is 0. The summed E-state index contributed by atoms with van der Waals surface area (Å²) in [6, 6.07) is 0. The van der Waals surface area contributed by atoms with E-state index in [1.165, 1.54) is 11.8 Å². The standard InChI is InChI=1S/C49H72N4O7/c1-27(2)38-33(54)22-49(23-37(55)51-26-43(4,5)53-40(56)32-25-50-24-28(3)52-32)20-19-47(11)29(39(38)49)13-14-35-46(10)17-16-36(45(8,9)34(46)15-18-48(35,47)12)60-42(59)31-21-30(41(57)58)44(31,6)7/h24-25,27,29-31,34-36H,13-23,26H2,1-12H3,(H,51,55)(H,53,56)(H,57,58)/t29-,30+,31-,34+,35-,36+,46+,47-,48-,49+/m1/s1. The third kappa shape index (κ3) is 6.85. The number of hydrogen-bond donors (Lipinski definition) is 3. The maximum atomic E-state index is 14.2. The van der Waals surface area contributed by atoms with Gasteiger partial charge in [0.2, 0.25) is 5.91 Å². The molecule has 330 valence electrons. The Labute approximate surface area is 357 Å². The first-order valence-corrected chi connectivity index (χ1v) is 22.8. The minimum absolute atomic E-state index is 0.0155. The van der Waals surface area contributed by atoms with Gasteiger partial charge in [0.1, 0.15) is 11.8 Å². The van der Waals surface area contributed by atoms with Gasteiger partial charge in [-0.25, -0.2) is 4.98 Å². The largest absolute Gasteiger partial charge is 0.481 e. The summed E-state index contributed by atoms with van der Waals surface area (Å²) in [5.41, 5.74) is 0.986. The van der Waals surface area contributed by atoms with Crippen LogP contribution in [0.3, 0.4) is 0 Å². The van der Waals surface area contributed by atoms with Crippen LogP contribution in [0, 0.1) is 74.9 Å². The number of ketones is 1. The van der Waals surface area contributed by atoms with E-state index in [1.807, 2.05) is 27.7 Å². The number of hydrogen-bond acceptors (Lipinski definition) is 8. The highest BCUT2D eigenvalue weighted by Gasteiger charge is 2.70. The zero-order valence-electron chi connectivity index (χ0n) is 38.5. The van der Waals surface area contributed by atoms with Crippen molar-refractivity contribution in [3.63, 3.8) is 0 Å². The van der Waals surface area contributed by atoms with E-state index >= 15 is 0 Å². The summed E-state index contributed by atoms with van der Waals surface area (Å²) < 4.78 is 6.42. The Morgan fingerprint density at radius 2 is 1.58 bits per heavy atom. The lowest BCUT2D eigenvalue weighted by atomic mass is 9.33. The minimum Gasteiger partial charge on any atom is -0.481 e. The highest BCUT2D eigenvalue weighted by Crippen LogP contribution is 2.77. The van der Waals surface area contributed by atoms with E-state index in [0.717, 1.165) is 56.9 Å². The van der Waals surface area contributed by atoms with Crippen LogP contribution < -0.4 is 10.6 Å². The molecule has 0 saturated heterocycles. The first-order valence-electron chi connectivity index (χ1n) is 22.8. The lowest BCUT2D eigenvalue weighted by Gasteiger charge is -2.72. The van der Waals surface area contributed by atoms with Gasteiger partial charge in [-0.15, -0.1) is 0 Å². The van der Waals surface area contributed by atoms with Gasteiger partial charge in [-0.3, -0.25) is 29.0 Å². The zero-order valence-corrected chi connectivity index (χ0v) is 38.5. The predicted octanol–water partition coefficient (Wildman–Crippen LogP) is 8.44. The molecular weight excluding hydrogens is 757 g/mol. The number of fused-ring (bicyclic) bond motifs is 7. The smallest absolute Gasteiger partial charge is 0.309 e. The molecule has 0 spiro atoms. The molecule has 1 aromatic rings. The van der Waals surface area contributed by atoms with Crippen molar-refractivity contribution in [2.75, 3.05) is 6.54 Å². The van der Waals surface area contributed by atoms with Crippen LogP contribution >= 0.6 is 0 Å². The molecule has 5 saturated carbocycles. The first kappa shape index (κ1) is 44.4. The summed E-state index contributed by atoms with van der Waals surface area (Å²) in [6.07, 6.45) is 11.5. The molecule has 0 bridgehead atoms. The number of Topliss-reactive ketones (excluding diaryl/α,β-unsaturated/α-hetero) is 1. The van der Waals surface area contributed by atoms with Crippen LogP contribution in [0.1, 0.15) is 163 Å². The van der Waals surface area contributed by atoms with Gasteiger partial charge in [0, 0.05) is 36.4 Å². The fourth-order valence-corrected chi connectivity index (χ4v) is 14.8. The molecule has 7 rings (SSSR count). The van der Waals surface area contributed by atoms with E-state index in [2.05, 4.69) is 69.1 Å². The van der Waals surface area contributed by atoms with Gasteiger partial charge >= 0.3 is 11.9 Å². The number of amides is 2. The Kier molecular flexibility index (Phi) is 10.9. The molecule has 6 aliphatic rings. The molecule has 0 aliphatic heterocycles. The number of nitrogens with zero attached hydrogens (tertiary/aromatic N) is 2. The van der Waals surface area contributed by atoms with Crippen molar-refractivity contribution in [2.24, 2.45) is 68.0 Å². The second-order valence-electron chi connectivity index (χ2n) is 23.1. The molecule has 11 nitrogen and oxygen atoms in total. The average molecular weight is 829 g/mol. The number of carboxylic acids is 1. The number of aryl methyl sites for hydroxylation is 1. The minimum atomic E-state index is -0.842. The summed E-state index contributed by atoms with van der Waals surface area (Å²) in [7, 11) is 0. The number of carboxylic acid groups (broad SMARTS) is 1. The quantitative estimate of drug-likeness (QED) is 0.196. The number of rotatable bonds is 10. The molecular formula is C49H72N4O7. The Bertz CT molecular complexity index is 2000. The van der Waals surface area contributed by atoms with Crippen molar-refractivity contribution in [3.8, 4) is 0 Å². The highest BCUT2D eigenvalue weighted by molar-refractivity contribution is 6.01. The van der Waals surface area contributed by atoms with Crippen molar-refractivity contribution >= 4 is 29.5 Å². The third-order valence-electron chi connectivity index (χ3n) is 18.3. The molecule has 11 heteroatoms. The van der Waals surface area contributed by atoms with E-state index in [1.54, 1.807) is 13.1 Å². The normalized spacial score (nSPS) is 37.8. The summed E-state index contributed by atoms with van der Waals surface area (Å²) in [5.74, 6) is -1.15. The lowest BCUT2D eigenvalue weighted by Crippen LogP contribution is -2.66. The highest BCUT2D eigenvalue weighted by atomic mass is 16.5. The molecule has 10 atom stereocenters. The molecule has 6 aliphatic carbocycles. The molecule has 1 aromatic heterocycles.